The molecule has 2 nitrogen and oxygen atoms in total. The molecule has 0 heterocycles. The summed E-state index contributed by atoms with van der Waals surface area (Å²) in [7, 11) is 0. The van der Waals surface area contributed by atoms with Crippen LogP contribution in [0.3, 0.4) is 0 Å². The summed E-state index contributed by atoms with van der Waals surface area (Å²) >= 11 is 0. The Hall–Kier alpha value is -1.91. The Morgan fingerprint density at radius 2 is 1.83 bits per heavy atom. The zero-order valence-electron chi connectivity index (χ0n) is 13.8. The van der Waals surface area contributed by atoms with E-state index in [-0.39, 0.29) is 17.1 Å². The smallest absolute Gasteiger partial charge is 0.294 e. The fraction of sp³-hybridized carbons (Fsp3) is 0.474. The molecule has 2 bridgehead atoms. The van der Waals surface area contributed by atoms with Crippen LogP contribution in [0.2, 0.25) is 0 Å². The van der Waals surface area contributed by atoms with Gasteiger partial charge in [0, 0.05) is 16.6 Å². The topological polar surface area (TPSA) is 34.1 Å². The quantitative estimate of drug-likeness (QED) is 0.572. The van der Waals surface area contributed by atoms with E-state index in [1.165, 1.54) is 12.1 Å². The minimum Gasteiger partial charge on any atom is -0.294 e. The van der Waals surface area contributed by atoms with Gasteiger partial charge >= 0.3 is 6.18 Å². The summed E-state index contributed by atoms with van der Waals surface area (Å²) in [6.45, 7) is 5.89. The summed E-state index contributed by atoms with van der Waals surface area (Å²) in [5.74, 6) is -0.920. The molecule has 0 amide bonds. The van der Waals surface area contributed by atoms with Crippen LogP contribution < -0.4 is 0 Å². The van der Waals surface area contributed by atoms with Crippen molar-refractivity contribution >= 4 is 11.6 Å². The van der Waals surface area contributed by atoms with Crippen LogP contribution >= 0.6 is 0 Å². The first kappa shape index (κ1) is 16.9. The number of alkyl halides is 3. The van der Waals surface area contributed by atoms with Crippen molar-refractivity contribution < 1.29 is 22.8 Å². The monoisotopic (exact) mass is 336 g/mol. The third kappa shape index (κ3) is 2.17. The molecule has 0 radical (unpaired) electrons. The lowest BCUT2D eigenvalue weighted by molar-refractivity contribution is -0.137. The standard InChI is InChI=1S/C19H19F3O2/c1-17(2)13-8-9-18(17,3)16(24)12(13)10-15(23)11-6-4-5-7-14(11)19(20,21)22/h4-7,10,13H,8-9H2,1-3H3/b12-10+. The molecule has 0 saturated heterocycles. The minimum absolute atomic E-state index is 0.0722. The zero-order valence-corrected chi connectivity index (χ0v) is 13.8. The van der Waals surface area contributed by atoms with Gasteiger partial charge in [0.05, 0.1) is 5.56 Å². The van der Waals surface area contributed by atoms with Gasteiger partial charge < -0.3 is 0 Å². The number of Topliss-reactive ketones (excluding diaryl/α,β-unsaturated/α-hetero) is 1. The Labute approximate surface area is 138 Å². The van der Waals surface area contributed by atoms with Crippen LogP contribution in [0, 0.1) is 16.7 Å². The summed E-state index contributed by atoms with van der Waals surface area (Å²) in [4.78, 5) is 25.2. The maximum atomic E-state index is 13.1. The molecule has 0 aromatic heterocycles. The highest BCUT2D eigenvalue weighted by molar-refractivity contribution is 6.13. The van der Waals surface area contributed by atoms with E-state index in [1.54, 1.807) is 0 Å². The SMILES string of the molecule is CC12CCC(/C(=C\C(=O)c3ccccc3C(F)(F)F)C1=O)C2(C)C. The number of fused-ring (bicyclic) bond motifs is 2. The van der Waals surface area contributed by atoms with Crippen molar-refractivity contribution in [2.24, 2.45) is 16.7 Å². The molecular weight excluding hydrogens is 317 g/mol. The third-order valence-electron chi connectivity index (χ3n) is 6.15. The van der Waals surface area contributed by atoms with E-state index in [0.717, 1.165) is 31.1 Å². The molecule has 2 aliphatic rings. The van der Waals surface area contributed by atoms with Crippen molar-refractivity contribution in [1.82, 2.24) is 0 Å². The Kier molecular flexibility index (Phi) is 3.56. The molecule has 2 unspecified atom stereocenters. The first-order valence-corrected chi connectivity index (χ1v) is 7.97. The Balaban J connectivity index is 2.03. The van der Waals surface area contributed by atoms with E-state index in [2.05, 4.69) is 0 Å². The van der Waals surface area contributed by atoms with Crippen LogP contribution in [-0.4, -0.2) is 11.6 Å². The zero-order chi connectivity index (χ0) is 17.9. The summed E-state index contributed by atoms with van der Waals surface area (Å²) in [5.41, 5.74) is -1.80. The second kappa shape index (κ2) is 5.04. The van der Waals surface area contributed by atoms with Gasteiger partial charge in [0.15, 0.2) is 11.6 Å². The molecule has 0 spiro atoms. The van der Waals surface area contributed by atoms with E-state index in [0.29, 0.717) is 5.57 Å². The van der Waals surface area contributed by atoms with Gasteiger partial charge in [0.1, 0.15) is 0 Å². The van der Waals surface area contributed by atoms with Crippen LogP contribution in [0.25, 0.3) is 0 Å². The first-order valence-electron chi connectivity index (χ1n) is 7.97. The second-order valence-corrected chi connectivity index (χ2v) is 7.48. The van der Waals surface area contributed by atoms with Gasteiger partial charge in [-0.15, -0.1) is 0 Å². The van der Waals surface area contributed by atoms with Gasteiger partial charge in [-0.3, -0.25) is 9.59 Å². The fourth-order valence-electron chi connectivity index (χ4n) is 4.26. The van der Waals surface area contributed by atoms with E-state index < -0.39 is 28.5 Å². The van der Waals surface area contributed by atoms with Crippen LogP contribution in [0.1, 0.15) is 49.5 Å². The van der Waals surface area contributed by atoms with Gasteiger partial charge in [-0.1, -0.05) is 39.0 Å². The van der Waals surface area contributed by atoms with Crippen molar-refractivity contribution in [3.8, 4) is 0 Å². The Morgan fingerprint density at radius 3 is 2.38 bits per heavy atom. The number of carbonyl (C=O) groups is 2. The maximum Gasteiger partial charge on any atom is 0.417 e. The Morgan fingerprint density at radius 1 is 1.21 bits per heavy atom. The molecule has 2 aliphatic carbocycles. The summed E-state index contributed by atoms with van der Waals surface area (Å²) in [5, 5.41) is 0. The van der Waals surface area contributed by atoms with E-state index in [1.807, 2.05) is 20.8 Å². The molecule has 3 rings (SSSR count). The highest BCUT2D eigenvalue weighted by Gasteiger charge is 2.64. The van der Waals surface area contributed by atoms with Crippen LogP contribution in [-0.2, 0) is 11.0 Å². The number of hydrogen-bond acceptors (Lipinski definition) is 2. The molecule has 0 aliphatic heterocycles. The van der Waals surface area contributed by atoms with Crippen LogP contribution in [0.4, 0.5) is 13.2 Å². The number of rotatable bonds is 2. The molecule has 2 fully saturated rings. The predicted molar refractivity (Wildman–Crippen MR) is 83.5 cm³/mol. The van der Waals surface area contributed by atoms with Crippen molar-refractivity contribution in [3.05, 3.63) is 47.0 Å². The lowest BCUT2D eigenvalue weighted by Crippen LogP contribution is -2.32. The highest BCUT2D eigenvalue weighted by Crippen LogP contribution is 2.65. The van der Waals surface area contributed by atoms with Crippen LogP contribution in [0.15, 0.2) is 35.9 Å². The summed E-state index contributed by atoms with van der Waals surface area (Å²) in [6, 6.07) is 4.70. The Bertz CT molecular complexity index is 758. The molecule has 2 atom stereocenters. The van der Waals surface area contributed by atoms with Gasteiger partial charge in [-0.2, -0.15) is 13.2 Å². The van der Waals surface area contributed by atoms with Gasteiger partial charge in [-0.25, -0.2) is 0 Å². The van der Waals surface area contributed by atoms with E-state index in [9.17, 15) is 22.8 Å². The molecule has 128 valence electrons. The largest absolute Gasteiger partial charge is 0.417 e. The second-order valence-electron chi connectivity index (χ2n) is 7.48. The summed E-state index contributed by atoms with van der Waals surface area (Å²) < 4.78 is 39.3. The lowest BCUT2D eigenvalue weighted by atomic mass is 9.70. The highest BCUT2D eigenvalue weighted by atomic mass is 19.4. The van der Waals surface area contributed by atoms with Crippen molar-refractivity contribution in [1.29, 1.82) is 0 Å². The predicted octanol–water partition coefficient (Wildman–Crippen LogP) is 4.84. The first-order chi connectivity index (χ1) is 11.0. The maximum absolute atomic E-state index is 13.1. The average molecular weight is 336 g/mol. The summed E-state index contributed by atoms with van der Waals surface area (Å²) in [6.07, 6.45) is -1.91. The fourth-order valence-corrected chi connectivity index (χ4v) is 4.26. The van der Waals surface area contributed by atoms with Crippen molar-refractivity contribution in [2.75, 3.05) is 0 Å². The van der Waals surface area contributed by atoms with Crippen molar-refractivity contribution in [2.45, 2.75) is 39.8 Å². The van der Waals surface area contributed by atoms with Gasteiger partial charge in [-0.05, 0) is 36.3 Å². The number of halogens is 3. The third-order valence-corrected chi connectivity index (χ3v) is 6.15. The van der Waals surface area contributed by atoms with E-state index >= 15 is 0 Å². The van der Waals surface area contributed by atoms with Crippen molar-refractivity contribution in [3.63, 3.8) is 0 Å². The van der Waals surface area contributed by atoms with Crippen LogP contribution in [0.5, 0.6) is 0 Å². The number of ketones is 2. The number of hydrogen-bond donors (Lipinski definition) is 0. The molecule has 24 heavy (non-hydrogen) atoms. The molecule has 2 saturated carbocycles. The molecule has 1 aromatic carbocycles. The average Bonchev–Trinajstić information content (AvgIpc) is 2.80. The minimum atomic E-state index is -4.60. The molecular formula is C19H19F3O2. The number of allylic oxidation sites excluding steroid dienone is 2. The van der Waals surface area contributed by atoms with Gasteiger partial charge in [0.25, 0.3) is 0 Å². The number of benzene rings is 1. The normalized spacial score (nSPS) is 30.2. The van der Waals surface area contributed by atoms with E-state index in [4.69, 9.17) is 0 Å². The number of carbonyl (C=O) groups excluding carboxylic acids is 2. The van der Waals surface area contributed by atoms with Gasteiger partial charge in [0.2, 0.25) is 0 Å². The molecule has 5 heteroatoms. The molecule has 0 N–H and O–H groups in total. The molecule has 1 aromatic rings. The lowest BCUT2D eigenvalue weighted by Gasteiger charge is -2.31.